The normalized spacial score (nSPS) is 20.0. The molecule has 0 saturated carbocycles. The Kier molecular flexibility index (Phi) is 7.07. The summed E-state index contributed by atoms with van der Waals surface area (Å²) in [7, 11) is 3.87. The first-order valence-corrected chi connectivity index (χ1v) is 11.6. The minimum Gasteiger partial charge on any atom is -0.453 e. The van der Waals surface area contributed by atoms with E-state index in [1.807, 2.05) is 21.6 Å². The van der Waals surface area contributed by atoms with E-state index in [0.717, 1.165) is 19.3 Å². The molecule has 3 rings (SSSR count). The fraction of sp³-hybridized carbons (Fsp3) is 0.526. The quantitative estimate of drug-likeness (QED) is 0.422. The number of esters is 1. The van der Waals surface area contributed by atoms with Gasteiger partial charge in [-0.25, -0.2) is 0 Å². The first-order valence-electron chi connectivity index (χ1n) is 9.22. The summed E-state index contributed by atoms with van der Waals surface area (Å²) in [6.45, 7) is 1.48. The smallest absolute Gasteiger partial charge is 0.306 e. The third kappa shape index (κ3) is 5.42. The molecular formula is C19H24N2O4S2. The fourth-order valence-electron chi connectivity index (χ4n) is 3.16. The highest BCUT2D eigenvalue weighted by atomic mass is 33.1. The van der Waals surface area contributed by atoms with E-state index in [2.05, 4.69) is 5.32 Å². The highest BCUT2D eigenvalue weighted by Crippen LogP contribution is 2.39. The lowest BCUT2D eigenvalue weighted by molar-refractivity contribution is -0.154. The summed E-state index contributed by atoms with van der Waals surface area (Å²) in [4.78, 5) is 38.0. The number of amides is 2. The van der Waals surface area contributed by atoms with Gasteiger partial charge in [-0.15, -0.1) is 0 Å². The van der Waals surface area contributed by atoms with Crippen LogP contribution >= 0.6 is 21.6 Å². The molecule has 146 valence electrons. The Balaban J connectivity index is 1.47. The zero-order valence-corrected chi connectivity index (χ0v) is 16.9. The van der Waals surface area contributed by atoms with Crippen LogP contribution in [-0.2, 0) is 19.1 Å². The molecule has 2 aliphatic rings. The lowest BCUT2D eigenvalue weighted by Gasteiger charge is -2.30. The van der Waals surface area contributed by atoms with Crippen LogP contribution in [0.4, 0.5) is 11.4 Å². The van der Waals surface area contributed by atoms with E-state index < -0.39 is 6.10 Å². The minimum absolute atomic E-state index is 0.0746. The van der Waals surface area contributed by atoms with Gasteiger partial charge < -0.3 is 10.1 Å². The number of carbonyl (C=O) groups excluding carboxylic acids is 3. The number of nitrogens with one attached hydrogen (secondary N) is 1. The lowest BCUT2D eigenvalue weighted by Crippen LogP contribution is -2.47. The molecule has 1 saturated heterocycles. The van der Waals surface area contributed by atoms with E-state index in [4.69, 9.17) is 4.74 Å². The van der Waals surface area contributed by atoms with Crippen LogP contribution < -0.4 is 10.2 Å². The average molecular weight is 409 g/mol. The number of anilines is 2. The molecule has 1 aromatic rings. The summed E-state index contributed by atoms with van der Waals surface area (Å²) in [5.74, 6) is 0.210. The van der Waals surface area contributed by atoms with Crippen molar-refractivity contribution in [3.05, 3.63) is 24.3 Å². The van der Waals surface area contributed by atoms with Gasteiger partial charge in [0.2, 0.25) is 5.91 Å². The van der Waals surface area contributed by atoms with Crippen molar-refractivity contribution in [1.29, 1.82) is 0 Å². The maximum Gasteiger partial charge on any atom is 0.306 e. The predicted molar refractivity (Wildman–Crippen MR) is 110 cm³/mol. The maximum absolute atomic E-state index is 12.7. The van der Waals surface area contributed by atoms with E-state index in [1.54, 1.807) is 31.2 Å². The number of hydrogen-bond acceptors (Lipinski definition) is 6. The summed E-state index contributed by atoms with van der Waals surface area (Å²) in [5.41, 5.74) is 1.21. The average Bonchev–Trinajstić information content (AvgIpc) is 3.17. The first kappa shape index (κ1) is 20.1. The third-order valence-electron chi connectivity index (χ3n) is 4.58. The molecule has 0 radical (unpaired) electrons. The zero-order chi connectivity index (χ0) is 19.2. The van der Waals surface area contributed by atoms with E-state index in [0.29, 0.717) is 23.0 Å². The van der Waals surface area contributed by atoms with Crippen molar-refractivity contribution in [2.45, 2.75) is 50.4 Å². The van der Waals surface area contributed by atoms with Gasteiger partial charge in [-0.3, -0.25) is 19.3 Å². The molecule has 8 heteroatoms. The van der Waals surface area contributed by atoms with E-state index in [9.17, 15) is 14.4 Å². The van der Waals surface area contributed by atoms with Crippen LogP contribution in [0.2, 0.25) is 0 Å². The number of rotatable bonds is 7. The molecule has 0 bridgehead atoms. The summed E-state index contributed by atoms with van der Waals surface area (Å²) in [6.07, 6.45) is 3.54. The number of carbonyl (C=O) groups is 3. The van der Waals surface area contributed by atoms with Crippen molar-refractivity contribution in [1.82, 2.24) is 0 Å². The number of unbranched alkanes of at least 4 members (excludes halogenated alkanes) is 1. The summed E-state index contributed by atoms with van der Waals surface area (Å²) >= 11 is 0. The first-order chi connectivity index (χ1) is 13.0. The van der Waals surface area contributed by atoms with Gasteiger partial charge in [0.25, 0.3) is 5.91 Å². The SMILES string of the molecule is C[C@H](OC(=O)CCCC[C@H]1CCSS1)C(=O)N1CC(=O)Nc2ccccc21. The Bertz CT molecular complexity index is 707. The van der Waals surface area contributed by atoms with E-state index in [1.165, 1.54) is 17.1 Å². The largest absolute Gasteiger partial charge is 0.453 e. The van der Waals surface area contributed by atoms with Crippen molar-refractivity contribution in [2.75, 3.05) is 22.5 Å². The van der Waals surface area contributed by atoms with E-state index in [-0.39, 0.29) is 24.3 Å². The predicted octanol–water partition coefficient (Wildman–Crippen LogP) is 3.62. The molecule has 0 aliphatic carbocycles. The second-order valence-electron chi connectivity index (χ2n) is 6.70. The molecule has 2 heterocycles. The van der Waals surface area contributed by atoms with Gasteiger partial charge >= 0.3 is 5.97 Å². The Hall–Kier alpha value is -1.67. The number of para-hydroxylation sites is 2. The van der Waals surface area contributed by atoms with E-state index >= 15 is 0 Å². The fourth-order valence-corrected chi connectivity index (χ4v) is 6.19. The van der Waals surface area contributed by atoms with Crippen molar-refractivity contribution in [3.63, 3.8) is 0 Å². The van der Waals surface area contributed by atoms with Gasteiger partial charge in [-0.05, 0) is 38.3 Å². The monoisotopic (exact) mass is 408 g/mol. The summed E-state index contributed by atoms with van der Waals surface area (Å²) in [5, 5.41) is 3.44. The van der Waals surface area contributed by atoms with Crippen molar-refractivity contribution in [2.24, 2.45) is 0 Å². The van der Waals surface area contributed by atoms with Gasteiger partial charge in [0.15, 0.2) is 6.10 Å². The van der Waals surface area contributed by atoms with Crippen LogP contribution in [0.15, 0.2) is 24.3 Å². The second kappa shape index (κ2) is 9.50. The third-order valence-corrected chi connectivity index (χ3v) is 7.58. The topological polar surface area (TPSA) is 75.7 Å². The molecule has 2 amide bonds. The van der Waals surface area contributed by atoms with Crippen LogP contribution in [0, 0.1) is 0 Å². The number of fused-ring (bicyclic) bond motifs is 1. The Morgan fingerprint density at radius 3 is 2.93 bits per heavy atom. The highest BCUT2D eigenvalue weighted by molar-refractivity contribution is 8.77. The van der Waals surface area contributed by atoms with Crippen molar-refractivity contribution in [3.8, 4) is 0 Å². The molecular weight excluding hydrogens is 384 g/mol. The van der Waals surface area contributed by atoms with Crippen LogP contribution in [0.5, 0.6) is 0 Å². The number of benzene rings is 1. The molecule has 1 fully saturated rings. The molecule has 0 unspecified atom stereocenters. The second-order valence-corrected chi connectivity index (χ2v) is 9.48. The molecule has 1 aromatic carbocycles. The molecule has 6 nitrogen and oxygen atoms in total. The van der Waals surface area contributed by atoms with Crippen LogP contribution in [0.25, 0.3) is 0 Å². The minimum atomic E-state index is -0.918. The summed E-state index contributed by atoms with van der Waals surface area (Å²) in [6, 6.07) is 7.10. The molecule has 2 aliphatic heterocycles. The molecule has 0 spiro atoms. The lowest BCUT2D eigenvalue weighted by atomic mass is 10.1. The number of ether oxygens (including phenoxy) is 1. The number of nitrogens with zero attached hydrogens (tertiary/aromatic N) is 1. The van der Waals surface area contributed by atoms with Crippen LogP contribution in [-0.4, -0.2) is 41.4 Å². The van der Waals surface area contributed by atoms with Gasteiger partial charge in [-0.2, -0.15) is 0 Å². The highest BCUT2D eigenvalue weighted by Gasteiger charge is 2.31. The van der Waals surface area contributed by atoms with Gasteiger partial charge in [0, 0.05) is 17.4 Å². The standard InChI is InChI=1S/C19H24N2O4S2/c1-13(25-18(23)9-5-2-6-14-10-11-26-27-14)19(24)21-12-17(22)20-15-7-3-4-8-16(15)21/h3-4,7-8,13-14H,2,5-6,9-12H2,1H3,(H,20,22)/t13-,14-/m0/s1. The Morgan fingerprint density at radius 1 is 1.33 bits per heavy atom. The molecule has 27 heavy (non-hydrogen) atoms. The van der Waals surface area contributed by atoms with Crippen molar-refractivity contribution >= 4 is 50.7 Å². The molecule has 2 atom stereocenters. The number of hydrogen-bond donors (Lipinski definition) is 1. The van der Waals surface area contributed by atoms with Crippen molar-refractivity contribution < 1.29 is 19.1 Å². The Morgan fingerprint density at radius 2 is 2.15 bits per heavy atom. The maximum atomic E-state index is 12.7. The Labute approximate surface area is 167 Å². The summed E-state index contributed by atoms with van der Waals surface area (Å²) < 4.78 is 5.32. The zero-order valence-electron chi connectivity index (χ0n) is 15.3. The van der Waals surface area contributed by atoms with Crippen LogP contribution in [0.3, 0.4) is 0 Å². The van der Waals surface area contributed by atoms with Gasteiger partial charge in [-0.1, -0.05) is 40.1 Å². The van der Waals surface area contributed by atoms with Gasteiger partial charge in [0.1, 0.15) is 6.54 Å². The molecule has 0 aromatic heterocycles. The molecule has 1 N–H and O–H groups in total. The van der Waals surface area contributed by atoms with Gasteiger partial charge in [0.05, 0.1) is 11.4 Å². The van der Waals surface area contributed by atoms with Crippen LogP contribution in [0.1, 0.15) is 39.0 Å².